The summed E-state index contributed by atoms with van der Waals surface area (Å²) in [5.41, 5.74) is 1.61. The number of nitrogens with zero attached hydrogens (tertiary/aromatic N) is 2. The number of benzene rings is 1. The van der Waals surface area contributed by atoms with Crippen LogP contribution in [0.5, 0.6) is 0 Å². The number of rotatable bonds is 5. The summed E-state index contributed by atoms with van der Waals surface area (Å²) in [6.07, 6.45) is 0.669. The third-order valence-corrected chi connectivity index (χ3v) is 6.79. The fourth-order valence-corrected chi connectivity index (χ4v) is 5.46. The van der Waals surface area contributed by atoms with E-state index in [1.165, 1.54) is 4.88 Å². The smallest absolute Gasteiger partial charge is 0.151 e. The molecule has 6 heteroatoms. The van der Waals surface area contributed by atoms with Gasteiger partial charge in [0.2, 0.25) is 0 Å². The van der Waals surface area contributed by atoms with E-state index < -0.39 is 9.84 Å². The van der Waals surface area contributed by atoms with Crippen LogP contribution in [0.4, 0.5) is 0 Å². The predicted molar refractivity (Wildman–Crippen MR) is 91.8 cm³/mol. The molecule has 1 aromatic heterocycles. The molecule has 1 aliphatic rings. The highest BCUT2D eigenvalue weighted by molar-refractivity contribution is 7.91. The van der Waals surface area contributed by atoms with Gasteiger partial charge in [-0.25, -0.2) is 8.42 Å². The third kappa shape index (κ3) is 3.99. The molecule has 120 valence electrons. The van der Waals surface area contributed by atoms with Crippen molar-refractivity contribution < 1.29 is 8.42 Å². The zero-order valence-corrected chi connectivity index (χ0v) is 14.3. The second kappa shape index (κ2) is 6.83. The lowest BCUT2D eigenvalue weighted by molar-refractivity contribution is 0.196. The number of sulfone groups is 1. The molecule has 23 heavy (non-hydrogen) atoms. The van der Waals surface area contributed by atoms with Crippen molar-refractivity contribution in [2.45, 2.75) is 25.6 Å². The number of nitriles is 1. The average molecular weight is 346 g/mol. The summed E-state index contributed by atoms with van der Waals surface area (Å²) in [6, 6.07) is 13.9. The maximum atomic E-state index is 11.8. The van der Waals surface area contributed by atoms with Crippen molar-refractivity contribution in [1.29, 1.82) is 5.26 Å². The van der Waals surface area contributed by atoms with Gasteiger partial charge in [-0.05, 0) is 29.5 Å². The molecule has 4 nitrogen and oxygen atoms in total. The minimum Gasteiger partial charge on any atom is -0.290 e. The van der Waals surface area contributed by atoms with Crippen LogP contribution in [0.2, 0.25) is 0 Å². The molecule has 0 N–H and O–H groups in total. The first-order valence-corrected chi connectivity index (χ1v) is 10.2. The summed E-state index contributed by atoms with van der Waals surface area (Å²) in [5, 5.41) is 11.3. The van der Waals surface area contributed by atoms with Gasteiger partial charge in [0.05, 0.1) is 23.1 Å². The zero-order chi connectivity index (χ0) is 16.3. The van der Waals surface area contributed by atoms with E-state index in [4.69, 9.17) is 0 Å². The highest BCUT2D eigenvalue weighted by Gasteiger charge is 2.32. The van der Waals surface area contributed by atoms with Crippen LogP contribution >= 0.6 is 11.3 Å². The maximum absolute atomic E-state index is 11.8. The Morgan fingerprint density at radius 3 is 2.70 bits per heavy atom. The molecular weight excluding hydrogens is 328 g/mol. The van der Waals surface area contributed by atoms with Crippen LogP contribution in [0.25, 0.3) is 0 Å². The second-order valence-corrected chi connectivity index (χ2v) is 9.07. The fourth-order valence-electron chi connectivity index (χ4n) is 2.97. The summed E-state index contributed by atoms with van der Waals surface area (Å²) in [7, 11) is -2.93. The van der Waals surface area contributed by atoms with E-state index in [1.807, 2.05) is 35.7 Å². The number of hydrogen-bond donors (Lipinski definition) is 0. The molecule has 0 amide bonds. The van der Waals surface area contributed by atoms with Gasteiger partial charge in [-0.1, -0.05) is 24.3 Å². The van der Waals surface area contributed by atoms with Crippen LogP contribution < -0.4 is 0 Å². The standard InChI is InChI=1S/C17H18N2O2S2/c18-10-14-4-1-2-5-15(14)11-19(12-17-6-3-8-22-17)16-7-9-23(20,21)13-16/h1-6,8,16H,7,9,11-13H2. The lowest BCUT2D eigenvalue weighted by atomic mass is 10.1. The van der Waals surface area contributed by atoms with Crippen LogP contribution in [0.15, 0.2) is 41.8 Å². The van der Waals surface area contributed by atoms with E-state index >= 15 is 0 Å². The van der Waals surface area contributed by atoms with E-state index in [0.717, 1.165) is 12.1 Å². The third-order valence-electron chi connectivity index (χ3n) is 4.18. The summed E-state index contributed by atoms with van der Waals surface area (Å²) < 4.78 is 23.7. The fraction of sp³-hybridized carbons (Fsp3) is 0.353. The van der Waals surface area contributed by atoms with Gasteiger partial charge in [0.15, 0.2) is 9.84 Å². The molecule has 1 aliphatic heterocycles. The monoisotopic (exact) mass is 346 g/mol. The SMILES string of the molecule is N#Cc1ccccc1CN(Cc1cccs1)C1CCS(=O)(=O)C1. The Morgan fingerprint density at radius 2 is 2.04 bits per heavy atom. The Labute approximate surface area is 140 Å². The van der Waals surface area contributed by atoms with E-state index in [9.17, 15) is 13.7 Å². The van der Waals surface area contributed by atoms with Gasteiger partial charge >= 0.3 is 0 Å². The largest absolute Gasteiger partial charge is 0.290 e. The van der Waals surface area contributed by atoms with E-state index in [-0.39, 0.29) is 17.5 Å². The maximum Gasteiger partial charge on any atom is 0.151 e. The van der Waals surface area contributed by atoms with Crippen molar-refractivity contribution in [1.82, 2.24) is 4.90 Å². The molecular formula is C17H18N2O2S2. The summed E-state index contributed by atoms with van der Waals surface area (Å²) in [6.45, 7) is 1.32. The van der Waals surface area contributed by atoms with Crippen molar-refractivity contribution in [3.63, 3.8) is 0 Å². The Balaban J connectivity index is 1.84. The van der Waals surface area contributed by atoms with E-state index in [0.29, 0.717) is 18.5 Å². The minimum absolute atomic E-state index is 0.0221. The molecule has 1 atom stereocenters. The molecule has 2 heterocycles. The van der Waals surface area contributed by atoms with E-state index in [2.05, 4.69) is 17.0 Å². The Kier molecular flexibility index (Phi) is 4.81. The van der Waals surface area contributed by atoms with Gasteiger partial charge in [-0.3, -0.25) is 4.90 Å². The van der Waals surface area contributed by atoms with Gasteiger partial charge < -0.3 is 0 Å². The Bertz CT molecular complexity index is 807. The van der Waals surface area contributed by atoms with Gasteiger partial charge in [0.1, 0.15) is 0 Å². The molecule has 3 rings (SSSR count). The normalized spacial score (nSPS) is 19.7. The van der Waals surface area contributed by atoms with Gasteiger partial charge in [-0.2, -0.15) is 5.26 Å². The number of hydrogen-bond acceptors (Lipinski definition) is 5. The molecule has 1 saturated heterocycles. The van der Waals surface area contributed by atoms with Crippen molar-refractivity contribution >= 4 is 21.2 Å². The highest BCUT2D eigenvalue weighted by Crippen LogP contribution is 2.24. The van der Waals surface area contributed by atoms with Gasteiger partial charge in [-0.15, -0.1) is 11.3 Å². The van der Waals surface area contributed by atoms with Crippen LogP contribution in [-0.2, 0) is 22.9 Å². The topological polar surface area (TPSA) is 61.2 Å². The van der Waals surface area contributed by atoms with Crippen LogP contribution in [-0.4, -0.2) is 30.9 Å². The predicted octanol–water partition coefficient (Wildman–Crippen LogP) is 2.81. The van der Waals surface area contributed by atoms with Gasteiger partial charge in [0.25, 0.3) is 0 Å². The zero-order valence-electron chi connectivity index (χ0n) is 12.7. The molecule has 0 aliphatic carbocycles. The van der Waals surface area contributed by atoms with Crippen LogP contribution in [0.1, 0.15) is 22.4 Å². The highest BCUT2D eigenvalue weighted by atomic mass is 32.2. The van der Waals surface area contributed by atoms with Crippen molar-refractivity contribution in [2.75, 3.05) is 11.5 Å². The molecule has 0 radical (unpaired) electrons. The van der Waals surface area contributed by atoms with Crippen molar-refractivity contribution in [3.8, 4) is 6.07 Å². The lowest BCUT2D eigenvalue weighted by Gasteiger charge is -2.28. The minimum atomic E-state index is -2.93. The average Bonchev–Trinajstić information content (AvgIpc) is 3.16. The van der Waals surface area contributed by atoms with Crippen LogP contribution in [0.3, 0.4) is 0 Å². The van der Waals surface area contributed by atoms with Gasteiger partial charge in [0, 0.05) is 24.0 Å². The summed E-state index contributed by atoms with van der Waals surface area (Å²) in [4.78, 5) is 3.41. The molecule has 1 aromatic carbocycles. The van der Waals surface area contributed by atoms with Crippen LogP contribution in [0, 0.1) is 11.3 Å². The summed E-state index contributed by atoms with van der Waals surface area (Å²) >= 11 is 1.67. The Morgan fingerprint density at radius 1 is 1.22 bits per heavy atom. The first kappa shape index (κ1) is 16.2. The second-order valence-electron chi connectivity index (χ2n) is 5.81. The van der Waals surface area contributed by atoms with Crippen molar-refractivity contribution in [2.24, 2.45) is 0 Å². The molecule has 1 fully saturated rings. The quantitative estimate of drug-likeness (QED) is 0.835. The Hall–Kier alpha value is -1.68. The molecule has 0 spiro atoms. The first-order chi connectivity index (χ1) is 11.1. The first-order valence-electron chi connectivity index (χ1n) is 7.52. The molecule has 2 aromatic rings. The molecule has 0 saturated carbocycles. The van der Waals surface area contributed by atoms with E-state index in [1.54, 1.807) is 11.3 Å². The number of thiophene rings is 1. The van der Waals surface area contributed by atoms with Crippen molar-refractivity contribution in [3.05, 3.63) is 57.8 Å². The molecule has 1 unspecified atom stereocenters. The lowest BCUT2D eigenvalue weighted by Crippen LogP contribution is -2.35. The molecule has 0 bridgehead atoms. The summed E-state index contributed by atoms with van der Waals surface area (Å²) in [5.74, 6) is 0.478.